The van der Waals surface area contributed by atoms with Crippen LogP contribution in [0.25, 0.3) is 43.6 Å². The van der Waals surface area contributed by atoms with E-state index in [4.69, 9.17) is 0 Å². The van der Waals surface area contributed by atoms with Crippen molar-refractivity contribution in [1.82, 2.24) is 4.98 Å². The molecule has 0 aliphatic rings. The van der Waals surface area contributed by atoms with Crippen LogP contribution in [0.15, 0.2) is 85.1 Å². The molecular weight excluding hydrogens is 302 g/mol. The Morgan fingerprint density at radius 2 is 1.28 bits per heavy atom. The third kappa shape index (κ3) is 2.28. The van der Waals surface area contributed by atoms with Gasteiger partial charge in [0, 0.05) is 11.8 Å². The first-order valence-electron chi connectivity index (χ1n) is 8.57. The lowest BCUT2D eigenvalue weighted by molar-refractivity contribution is 1.28. The predicted molar refractivity (Wildman–Crippen MR) is 107 cm³/mol. The van der Waals surface area contributed by atoms with Crippen molar-refractivity contribution in [1.29, 1.82) is 0 Å². The van der Waals surface area contributed by atoms with Gasteiger partial charge in [0.25, 0.3) is 0 Å². The van der Waals surface area contributed by atoms with Crippen molar-refractivity contribution in [3.05, 3.63) is 90.6 Å². The minimum absolute atomic E-state index is 1.06. The zero-order chi connectivity index (χ0) is 16.8. The Balaban J connectivity index is 1.87. The van der Waals surface area contributed by atoms with Crippen molar-refractivity contribution in [2.24, 2.45) is 0 Å². The van der Waals surface area contributed by atoms with Gasteiger partial charge in [-0.05, 0) is 75.1 Å². The second-order valence-corrected chi connectivity index (χ2v) is 6.59. The van der Waals surface area contributed by atoms with Gasteiger partial charge in [0.1, 0.15) is 0 Å². The molecule has 0 saturated carbocycles. The lowest BCUT2D eigenvalue weighted by Gasteiger charge is -2.11. The van der Waals surface area contributed by atoms with Crippen molar-refractivity contribution in [2.45, 2.75) is 6.92 Å². The molecule has 1 aromatic heterocycles. The highest BCUT2D eigenvalue weighted by molar-refractivity contribution is 6.08. The van der Waals surface area contributed by atoms with Crippen LogP contribution in [0.2, 0.25) is 0 Å². The van der Waals surface area contributed by atoms with Crippen LogP contribution in [0.5, 0.6) is 0 Å². The first-order valence-corrected chi connectivity index (χ1v) is 8.57. The fraction of sp³-hybridized carbons (Fsp3) is 0.0417. The van der Waals surface area contributed by atoms with E-state index in [0.717, 1.165) is 5.69 Å². The Bertz CT molecular complexity index is 1250. The summed E-state index contributed by atoms with van der Waals surface area (Å²) < 4.78 is 0. The number of rotatable bonds is 1. The highest BCUT2D eigenvalue weighted by atomic mass is 14.7. The van der Waals surface area contributed by atoms with Crippen LogP contribution in [0.4, 0.5) is 0 Å². The second kappa shape index (κ2) is 5.42. The van der Waals surface area contributed by atoms with Crippen molar-refractivity contribution < 1.29 is 0 Å². The number of aryl methyl sites for hydroxylation is 1. The molecule has 0 unspecified atom stereocenters. The maximum absolute atomic E-state index is 4.63. The molecule has 0 N–H and O–H groups in total. The van der Waals surface area contributed by atoms with Gasteiger partial charge in [-0.1, -0.05) is 48.5 Å². The molecule has 5 aromatic rings. The average Bonchev–Trinajstić information content (AvgIpc) is 2.65. The maximum Gasteiger partial charge on any atom is 0.0737 e. The van der Waals surface area contributed by atoms with Gasteiger partial charge in [0.15, 0.2) is 0 Å². The largest absolute Gasteiger partial charge is 0.256 e. The van der Waals surface area contributed by atoms with Crippen molar-refractivity contribution in [3.8, 4) is 11.3 Å². The zero-order valence-corrected chi connectivity index (χ0v) is 14.0. The molecule has 1 nitrogen and oxygen atoms in total. The quantitative estimate of drug-likeness (QED) is 0.321. The summed E-state index contributed by atoms with van der Waals surface area (Å²) in [7, 11) is 0. The van der Waals surface area contributed by atoms with Crippen LogP contribution < -0.4 is 0 Å². The lowest BCUT2D eigenvalue weighted by Crippen LogP contribution is -1.89. The molecular formula is C24H17N. The molecule has 25 heavy (non-hydrogen) atoms. The van der Waals surface area contributed by atoms with E-state index >= 15 is 0 Å². The zero-order valence-electron chi connectivity index (χ0n) is 14.0. The Kier molecular flexibility index (Phi) is 3.07. The van der Waals surface area contributed by atoms with E-state index in [-0.39, 0.29) is 0 Å². The van der Waals surface area contributed by atoms with Crippen LogP contribution in [0.3, 0.4) is 0 Å². The van der Waals surface area contributed by atoms with Crippen LogP contribution >= 0.6 is 0 Å². The first kappa shape index (κ1) is 14.2. The van der Waals surface area contributed by atoms with Gasteiger partial charge in [0.2, 0.25) is 0 Å². The fourth-order valence-electron chi connectivity index (χ4n) is 3.69. The van der Waals surface area contributed by atoms with Crippen LogP contribution in [-0.4, -0.2) is 4.98 Å². The molecule has 0 amide bonds. The van der Waals surface area contributed by atoms with Crippen molar-refractivity contribution in [2.75, 3.05) is 0 Å². The van der Waals surface area contributed by atoms with Gasteiger partial charge < -0.3 is 0 Å². The van der Waals surface area contributed by atoms with E-state index in [9.17, 15) is 0 Å². The number of benzene rings is 4. The van der Waals surface area contributed by atoms with Gasteiger partial charge >= 0.3 is 0 Å². The summed E-state index contributed by atoms with van der Waals surface area (Å²) >= 11 is 0. The van der Waals surface area contributed by atoms with Gasteiger partial charge in [-0.25, -0.2) is 0 Å². The third-order valence-corrected chi connectivity index (χ3v) is 4.97. The molecule has 4 aromatic carbocycles. The summed E-state index contributed by atoms with van der Waals surface area (Å²) in [5, 5.41) is 7.62. The molecule has 0 fully saturated rings. The Morgan fingerprint density at radius 1 is 0.600 bits per heavy atom. The monoisotopic (exact) mass is 319 g/mol. The van der Waals surface area contributed by atoms with Crippen LogP contribution in [-0.2, 0) is 0 Å². The van der Waals surface area contributed by atoms with Crippen LogP contribution in [0.1, 0.15) is 5.56 Å². The van der Waals surface area contributed by atoms with Crippen LogP contribution in [0, 0.1) is 6.92 Å². The number of hydrogen-bond acceptors (Lipinski definition) is 1. The fourth-order valence-corrected chi connectivity index (χ4v) is 3.69. The van der Waals surface area contributed by atoms with Gasteiger partial charge in [-0.15, -0.1) is 0 Å². The van der Waals surface area contributed by atoms with Crippen molar-refractivity contribution >= 4 is 32.3 Å². The first-order chi connectivity index (χ1) is 12.3. The highest BCUT2D eigenvalue weighted by Crippen LogP contribution is 2.33. The highest BCUT2D eigenvalue weighted by Gasteiger charge is 2.09. The predicted octanol–water partition coefficient (Wildman–Crippen LogP) is 6.52. The Hall–Kier alpha value is -3.19. The Morgan fingerprint density at radius 3 is 2.04 bits per heavy atom. The number of hydrogen-bond donors (Lipinski definition) is 0. The van der Waals surface area contributed by atoms with E-state index < -0.39 is 0 Å². The lowest BCUT2D eigenvalue weighted by atomic mass is 9.95. The second-order valence-electron chi connectivity index (χ2n) is 6.59. The molecule has 0 aliphatic heterocycles. The summed E-state index contributed by atoms with van der Waals surface area (Å²) in [4.78, 5) is 4.63. The molecule has 0 saturated heterocycles. The molecule has 0 bridgehead atoms. The number of nitrogens with zero attached hydrogens (tertiary/aromatic N) is 1. The summed E-state index contributed by atoms with van der Waals surface area (Å²) in [5.41, 5.74) is 3.47. The summed E-state index contributed by atoms with van der Waals surface area (Å²) in [6, 6.07) is 28.3. The van der Waals surface area contributed by atoms with E-state index in [1.54, 1.807) is 0 Å². The SMILES string of the molecule is Cc1cccnc1-c1cccc2cc3cc4ccccc4cc3cc12. The standard InChI is InChI=1S/C24H17N/c1-16-6-5-11-25-24(16)22-10-4-9-19-14-20-12-17-7-2-3-8-18(17)13-21(20)15-23(19)22/h2-15H,1H3. The molecule has 1 heterocycles. The molecule has 118 valence electrons. The normalized spacial score (nSPS) is 11.4. The maximum atomic E-state index is 4.63. The number of aromatic nitrogens is 1. The minimum Gasteiger partial charge on any atom is -0.256 e. The number of pyridine rings is 1. The summed E-state index contributed by atoms with van der Waals surface area (Å²) in [6.45, 7) is 2.12. The Labute approximate surface area is 146 Å². The van der Waals surface area contributed by atoms with E-state index in [1.165, 1.54) is 43.4 Å². The van der Waals surface area contributed by atoms with E-state index in [0.29, 0.717) is 0 Å². The molecule has 1 heteroatoms. The smallest absolute Gasteiger partial charge is 0.0737 e. The van der Waals surface area contributed by atoms with Gasteiger partial charge in [-0.2, -0.15) is 0 Å². The van der Waals surface area contributed by atoms with Gasteiger partial charge in [0.05, 0.1) is 5.69 Å². The summed E-state index contributed by atoms with van der Waals surface area (Å²) in [6.07, 6.45) is 1.87. The van der Waals surface area contributed by atoms with Gasteiger partial charge in [-0.3, -0.25) is 4.98 Å². The molecule has 0 aliphatic carbocycles. The van der Waals surface area contributed by atoms with E-state index in [1.807, 2.05) is 12.3 Å². The average molecular weight is 319 g/mol. The van der Waals surface area contributed by atoms with E-state index in [2.05, 4.69) is 84.7 Å². The minimum atomic E-state index is 1.06. The molecule has 0 atom stereocenters. The molecule has 0 radical (unpaired) electrons. The number of fused-ring (bicyclic) bond motifs is 3. The summed E-state index contributed by atoms with van der Waals surface area (Å²) in [5.74, 6) is 0. The molecule has 0 spiro atoms. The topological polar surface area (TPSA) is 12.9 Å². The molecule has 5 rings (SSSR count). The van der Waals surface area contributed by atoms with Crippen molar-refractivity contribution in [3.63, 3.8) is 0 Å². The third-order valence-electron chi connectivity index (χ3n) is 4.97.